The molecule has 0 aliphatic rings. The number of esters is 1. The average Bonchev–Trinajstić information content (AvgIpc) is 3.33. The smallest absolute Gasteiger partial charge is 0.305 e. The molecule has 6 heteroatoms. The van der Waals surface area contributed by atoms with E-state index in [1.807, 2.05) is 6.08 Å². The molecule has 0 radical (unpaired) electrons. The van der Waals surface area contributed by atoms with Crippen molar-refractivity contribution < 1.29 is 24.5 Å². The fourth-order valence-electron chi connectivity index (χ4n) is 9.08. The van der Waals surface area contributed by atoms with Crippen molar-refractivity contribution in [1.29, 1.82) is 0 Å². The minimum Gasteiger partial charge on any atom is -0.466 e. The van der Waals surface area contributed by atoms with Gasteiger partial charge in [0.15, 0.2) is 0 Å². The highest BCUT2D eigenvalue weighted by atomic mass is 16.5. The van der Waals surface area contributed by atoms with Crippen LogP contribution in [0.2, 0.25) is 0 Å². The number of ether oxygens (including phenoxy) is 1. The van der Waals surface area contributed by atoms with Crippen LogP contribution in [-0.4, -0.2) is 47.4 Å². The highest BCUT2D eigenvalue weighted by Crippen LogP contribution is 2.17. The van der Waals surface area contributed by atoms with Crippen LogP contribution in [0.1, 0.15) is 316 Å². The van der Waals surface area contributed by atoms with Crippen LogP contribution in [0.3, 0.4) is 0 Å². The molecular formula is C61H115NO5. The zero-order chi connectivity index (χ0) is 48.6. The van der Waals surface area contributed by atoms with Gasteiger partial charge in [0.1, 0.15) is 0 Å². The van der Waals surface area contributed by atoms with Gasteiger partial charge >= 0.3 is 5.97 Å². The first kappa shape index (κ1) is 65.1. The van der Waals surface area contributed by atoms with E-state index < -0.39 is 12.1 Å². The number of nitrogens with one attached hydrogen (secondary N) is 1. The van der Waals surface area contributed by atoms with Crippen LogP contribution in [0.5, 0.6) is 0 Å². The zero-order valence-corrected chi connectivity index (χ0v) is 44.9. The van der Waals surface area contributed by atoms with Crippen LogP contribution in [0.25, 0.3) is 0 Å². The summed E-state index contributed by atoms with van der Waals surface area (Å²) in [6.45, 7) is 4.86. The van der Waals surface area contributed by atoms with Gasteiger partial charge < -0.3 is 20.3 Å². The fourth-order valence-corrected chi connectivity index (χ4v) is 9.08. The molecule has 0 fully saturated rings. The summed E-state index contributed by atoms with van der Waals surface area (Å²) in [4.78, 5) is 24.5. The molecule has 394 valence electrons. The van der Waals surface area contributed by atoms with Gasteiger partial charge in [0.05, 0.1) is 25.4 Å². The molecule has 0 saturated heterocycles. The third-order valence-corrected chi connectivity index (χ3v) is 13.7. The lowest BCUT2D eigenvalue weighted by Gasteiger charge is -2.20. The molecule has 2 unspecified atom stereocenters. The van der Waals surface area contributed by atoms with Crippen molar-refractivity contribution in [2.75, 3.05) is 13.2 Å². The number of aliphatic hydroxyl groups is 2. The highest BCUT2D eigenvalue weighted by molar-refractivity contribution is 5.76. The Balaban J connectivity index is 3.35. The molecule has 2 atom stereocenters. The summed E-state index contributed by atoms with van der Waals surface area (Å²) in [5, 5.41) is 22.9. The maximum absolute atomic E-state index is 12.4. The van der Waals surface area contributed by atoms with E-state index in [1.165, 1.54) is 238 Å². The van der Waals surface area contributed by atoms with Crippen LogP contribution in [0.4, 0.5) is 0 Å². The minimum absolute atomic E-state index is 0.00860. The molecule has 0 spiro atoms. The van der Waals surface area contributed by atoms with E-state index in [-0.39, 0.29) is 18.5 Å². The molecule has 0 aliphatic carbocycles. The van der Waals surface area contributed by atoms with Gasteiger partial charge in [0.25, 0.3) is 0 Å². The first-order valence-electron chi connectivity index (χ1n) is 29.8. The van der Waals surface area contributed by atoms with Crippen molar-refractivity contribution in [2.45, 2.75) is 328 Å². The molecule has 67 heavy (non-hydrogen) atoms. The molecule has 6 nitrogen and oxygen atoms in total. The second-order valence-electron chi connectivity index (χ2n) is 20.3. The van der Waals surface area contributed by atoms with Gasteiger partial charge in [-0.05, 0) is 64.2 Å². The molecule has 3 N–H and O–H groups in total. The number of carbonyl (C=O) groups excluding carboxylic acids is 2. The van der Waals surface area contributed by atoms with E-state index in [4.69, 9.17) is 4.74 Å². The quantitative estimate of drug-likeness (QED) is 0.0321. The molecular weight excluding hydrogens is 827 g/mol. The van der Waals surface area contributed by atoms with Crippen molar-refractivity contribution in [3.05, 3.63) is 36.5 Å². The van der Waals surface area contributed by atoms with Gasteiger partial charge in [-0.15, -0.1) is 0 Å². The average molecular weight is 943 g/mol. The summed E-state index contributed by atoms with van der Waals surface area (Å²) in [5.41, 5.74) is 0. The largest absolute Gasteiger partial charge is 0.466 e. The number of unbranched alkanes of at least 4 members (excludes halogenated alkanes) is 40. The standard InChI is InChI=1S/C61H115NO5/c1-3-5-7-9-11-13-14-15-16-17-22-26-29-32-35-39-43-47-51-55-61(66)67-56-52-48-44-40-36-33-30-27-24-21-19-18-20-23-25-28-31-34-38-42-46-50-54-60(65)62-58(57-63)59(64)53-49-45-41-37-12-10-8-6-4-2/h11,13,15-16,49,53,58-59,63-64H,3-10,12,14,17-48,50-52,54-57H2,1-2H3,(H,62,65)/b13-11-,16-15-,53-49+. The van der Waals surface area contributed by atoms with Crippen LogP contribution >= 0.6 is 0 Å². The molecule has 0 heterocycles. The second kappa shape index (κ2) is 56.7. The van der Waals surface area contributed by atoms with E-state index in [0.717, 1.165) is 51.4 Å². The van der Waals surface area contributed by atoms with Gasteiger partial charge in [-0.2, -0.15) is 0 Å². The summed E-state index contributed by atoms with van der Waals surface area (Å²) in [6, 6.07) is -0.626. The summed E-state index contributed by atoms with van der Waals surface area (Å²) in [7, 11) is 0. The first-order chi connectivity index (χ1) is 33.0. The number of allylic oxidation sites excluding steroid dienone is 5. The Bertz CT molecular complexity index is 1090. The Morgan fingerprint density at radius 3 is 1.16 bits per heavy atom. The lowest BCUT2D eigenvalue weighted by atomic mass is 10.0. The summed E-state index contributed by atoms with van der Waals surface area (Å²) < 4.78 is 5.50. The third kappa shape index (κ3) is 53.3. The lowest BCUT2D eigenvalue weighted by Crippen LogP contribution is -2.45. The summed E-state index contributed by atoms with van der Waals surface area (Å²) in [6.07, 6.45) is 70.4. The van der Waals surface area contributed by atoms with Gasteiger partial charge in [-0.3, -0.25) is 9.59 Å². The maximum Gasteiger partial charge on any atom is 0.305 e. The highest BCUT2D eigenvalue weighted by Gasteiger charge is 2.18. The Morgan fingerprint density at radius 2 is 0.746 bits per heavy atom. The Morgan fingerprint density at radius 1 is 0.418 bits per heavy atom. The second-order valence-corrected chi connectivity index (χ2v) is 20.3. The van der Waals surface area contributed by atoms with Crippen LogP contribution in [0.15, 0.2) is 36.5 Å². The summed E-state index contributed by atoms with van der Waals surface area (Å²) in [5.74, 6) is -0.0621. The van der Waals surface area contributed by atoms with Gasteiger partial charge in [-0.1, -0.05) is 275 Å². The third-order valence-electron chi connectivity index (χ3n) is 13.7. The van der Waals surface area contributed by atoms with Crippen LogP contribution in [0, 0.1) is 0 Å². The number of hydrogen-bond acceptors (Lipinski definition) is 5. The zero-order valence-electron chi connectivity index (χ0n) is 44.9. The van der Waals surface area contributed by atoms with Crippen molar-refractivity contribution in [3.63, 3.8) is 0 Å². The normalized spacial score (nSPS) is 12.8. The van der Waals surface area contributed by atoms with Crippen LogP contribution < -0.4 is 5.32 Å². The lowest BCUT2D eigenvalue weighted by molar-refractivity contribution is -0.143. The molecule has 0 aromatic carbocycles. The predicted octanol–water partition coefficient (Wildman–Crippen LogP) is 18.4. The predicted molar refractivity (Wildman–Crippen MR) is 292 cm³/mol. The number of rotatable bonds is 55. The van der Waals surface area contributed by atoms with Crippen LogP contribution in [-0.2, 0) is 14.3 Å². The van der Waals surface area contributed by atoms with Crippen molar-refractivity contribution in [3.8, 4) is 0 Å². The molecule has 0 aromatic heterocycles. The molecule has 0 saturated carbocycles. The SMILES string of the molecule is CCCCC/C=C\C/C=C\CCCCCCCCCCCC(=O)OCCCCCCCCCCCCCCCCCCCCCCCCC(=O)NC(CO)C(O)/C=C/CCCCCCCCC. The Labute approximate surface area is 417 Å². The Kier molecular flexibility index (Phi) is 55.0. The fraction of sp³-hybridized carbons (Fsp3) is 0.869. The molecule has 0 aromatic rings. The number of aliphatic hydroxyl groups excluding tert-OH is 2. The molecule has 0 bridgehead atoms. The number of hydrogen-bond donors (Lipinski definition) is 3. The van der Waals surface area contributed by atoms with E-state index >= 15 is 0 Å². The Hall–Kier alpha value is -1.92. The van der Waals surface area contributed by atoms with E-state index in [9.17, 15) is 19.8 Å². The number of carbonyl (C=O) groups is 2. The number of amides is 1. The summed E-state index contributed by atoms with van der Waals surface area (Å²) >= 11 is 0. The van der Waals surface area contributed by atoms with Gasteiger partial charge in [0, 0.05) is 12.8 Å². The molecule has 0 rings (SSSR count). The van der Waals surface area contributed by atoms with Crippen molar-refractivity contribution in [2.24, 2.45) is 0 Å². The van der Waals surface area contributed by atoms with Gasteiger partial charge in [0.2, 0.25) is 5.91 Å². The maximum atomic E-state index is 12.4. The first-order valence-corrected chi connectivity index (χ1v) is 29.8. The van der Waals surface area contributed by atoms with E-state index in [1.54, 1.807) is 6.08 Å². The van der Waals surface area contributed by atoms with Crippen molar-refractivity contribution >= 4 is 11.9 Å². The topological polar surface area (TPSA) is 95.9 Å². The molecule has 0 aliphatic heterocycles. The van der Waals surface area contributed by atoms with E-state index in [2.05, 4.69) is 43.5 Å². The van der Waals surface area contributed by atoms with E-state index in [0.29, 0.717) is 19.4 Å². The molecule has 1 amide bonds. The van der Waals surface area contributed by atoms with Crippen molar-refractivity contribution in [1.82, 2.24) is 5.32 Å². The van der Waals surface area contributed by atoms with Gasteiger partial charge in [-0.25, -0.2) is 0 Å². The minimum atomic E-state index is -0.842. The monoisotopic (exact) mass is 942 g/mol.